The van der Waals surface area contributed by atoms with Crippen molar-refractivity contribution in [2.24, 2.45) is 0 Å². The van der Waals surface area contributed by atoms with Gasteiger partial charge < -0.3 is 5.32 Å². The summed E-state index contributed by atoms with van der Waals surface area (Å²) in [4.78, 5) is 20.6. The highest BCUT2D eigenvalue weighted by Crippen LogP contribution is 2.22. The van der Waals surface area contributed by atoms with Crippen LogP contribution in [0.4, 0.5) is 5.69 Å². The molecule has 0 bridgehead atoms. The molecule has 3 aromatic heterocycles. The number of hydrogen-bond acceptors (Lipinski definition) is 5. The zero-order chi connectivity index (χ0) is 13.9. The van der Waals surface area contributed by atoms with Crippen LogP contribution in [0.15, 0.2) is 43.0 Å². The van der Waals surface area contributed by atoms with Crippen LogP contribution < -0.4 is 5.32 Å². The van der Waals surface area contributed by atoms with Crippen molar-refractivity contribution in [1.29, 1.82) is 0 Å². The van der Waals surface area contributed by atoms with E-state index in [-0.39, 0.29) is 5.91 Å². The summed E-state index contributed by atoms with van der Waals surface area (Å²) in [7, 11) is 0. The lowest BCUT2D eigenvalue weighted by Gasteiger charge is -1.99. The van der Waals surface area contributed by atoms with E-state index in [9.17, 15) is 4.79 Å². The molecule has 0 aliphatic rings. The van der Waals surface area contributed by atoms with E-state index in [1.54, 1.807) is 36.8 Å². The molecule has 0 aromatic carbocycles. The second-order valence-electron chi connectivity index (χ2n) is 3.78. The van der Waals surface area contributed by atoms with Gasteiger partial charge in [0.25, 0.3) is 5.91 Å². The highest BCUT2D eigenvalue weighted by molar-refractivity contribution is 7.18. The molecular weight excluding hydrogens is 298 g/mol. The molecule has 0 saturated heterocycles. The number of carbonyl (C=O) groups excluding carboxylic acids is 1. The topological polar surface area (TPSA) is 72.7 Å². The summed E-state index contributed by atoms with van der Waals surface area (Å²) >= 11 is 7.02. The van der Waals surface area contributed by atoms with Gasteiger partial charge in [0.05, 0.1) is 27.3 Å². The Morgan fingerprint density at radius 2 is 2.10 bits per heavy atom. The quantitative estimate of drug-likeness (QED) is 0.807. The van der Waals surface area contributed by atoms with E-state index in [1.807, 2.05) is 0 Å². The maximum Gasteiger partial charge on any atom is 0.265 e. The van der Waals surface area contributed by atoms with Crippen molar-refractivity contribution in [3.63, 3.8) is 0 Å². The third kappa shape index (κ3) is 2.68. The second kappa shape index (κ2) is 5.40. The Morgan fingerprint density at radius 1 is 1.30 bits per heavy atom. The third-order valence-corrected chi connectivity index (χ3v) is 3.62. The average Bonchev–Trinajstić information content (AvgIpc) is 3.09. The largest absolute Gasteiger partial charge is 0.319 e. The number of anilines is 1. The lowest BCUT2D eigenvalue weighted by Crippen LogP contribution is -2.09. The minimum absolute atomic E-state index is 0.226. The molecule has 0 atom stereocenters. The number of carbonyl (C=O) groups is 1. The number of amides is 1. The lowest BCUT2D eigenvalue weighted by atomic mass is 10.4. The monoisotopic (exact) mass is 305 g/mol. The average molecular weight is 306 g/mol. The van der Waals surface area contributed by atoms with Gasteiger partial charge in [0.1, 0.15) is 0 Å². The summed E-state index contributed by atoms with van der Waals surface area (Å²) in [6.07, 6.45) is 6.41. The van der Waals surface area contributed by atoms with Crippen molar-refractivity contribution in [3.8, 4) is 5.95 Å². The molecule has 1 N–H and O–H groups in total. The standard InChI is InChI=1S/C12H8ClN5OS/c13-10-3-2-9(20-10)11(19)17-8-6-16-18(7-8)12-14-4-1-5-15-12/h1-7H,(H,17,19). The van der Waals surface area contributed by atoms with Crippen LogP contribution in [-0.4, -0.2) is 25.7 Å². The van der Waals surface area contributed by atoms with E-state index in [0.717, 1.165) is 0 Å². The predicted octanol–water partition coefficient (Wildman–Crippen LogP) is 2.63. The summed E-state index contributed by atoms with van der Waals surface area (Å²) < 4.78 is 2.06. The zero-order valence-corrected chi connectivity index (χ0v) is 11.6. The first kappa shape index (κ1) is 12.8. The highest BCUT2D eigenvalue weighted by Gasteiger charge is 2.10. The Bertz CT molecular complexity index is 739. The van der Waals surface area contributed by atoms with Gasteiger partial charge in [-0.25, -0.2) is 14.6 Å². The van der Waals surface area contributed by atoms with Crippen LogP contribution in [0, 0.1) is 0 Å². The molecule has 0 radical (unpaired) electrons. The Balaban J connectivity index is 1.76. The van der Waals surface area contributed by atoms with Gasteiger partial charge in [-0.15, -0.1) is 11.3 Å². The van der Waals surface area contributed by atoms with E-state index in [0.29, 0.717) is 20.8 Å². The van der Waals surface area contributed by atoms with Crippen molar-refractivity contribution in [3.05, 3.63) is 52.2 Å². The van der Waals surface area contributed by atoms with Crippen LogP contribution in [0.25, 0.3) is 5.95 Å². The normalized spacial score (nSPS) is 10.4. The molecule has 100 valence electrons. The number of aromatic nitrogens is 4. The first-order valence-electron chi connectivity index (χ1n) is 5.61. The number of hydrogen-bond donors (Lipinski definition) is 1. The predicted molar refractivity (Wildman–Crippen MR) is 76.4 cm³/mol. The molecule has 0 spiro atoms. The third-order valence-electron chi connectivity index (χ3n) is 2.39. The van der Waals surface area contributed by atoms with E-state index in [2.05, 4.69) is 20.4 Å². The van der Waals surface area contributed by atoms with E-state index in [4.69, 9.17) is 11.6 Å². The highest BCUT2D eigenvalue weighted by atomic mass is 35.5. The smallest absolute Gasteiger partial charge is 0.265 e. The van der Waals surface area contributed by atoms with Crippen LogP contribution in [0.5, 0.6) is 0 Å². The molecule has 8 heteroatoms. The van der Waals surface area contributed by atoms with Gasteiger partial charge in [-0.05, 0) is 18.2 Å². The first-order valence-corrected chi connectivity index (χ1v) is 6.80. The first-order chi connectivity index (χ1) is 9.72. The van der Waals surface area contributed by atoms with E-state index in [1.165, 1.54) is 22.2 Å². The minimum Gasteiger partial charge on any atom is -0.319 e. The zero-order valence-electron chi connectivity index (χ0n) is 10.0. The van der Waals surface area contributed by atoms with Gasteiger partial charge in [-0.3, -0.25) is 4.79 Å². The van der Waals surface area contributed by atoms with Crippen LogP contribution >= 0.6 is 22.9 Å². The minimum atomic E-state index is -0.226. The molecule has 3 rings (SSSR count). The molecular formula is C12H8ClN5OS. The molecule has 0 aliphatic carbocycles. The molecule has 3 aromatic rings. The molecule has 0 unspecified atom stereocenters. The fraction of sp³-hybridized carbons (Fsp3) is 0. The molecule has 0 aliphatic heterocycles. The van der Waals surface area contributed by atoms with Crippen LogP contribution in [-0.2, 0) is 0 Å². The molecule has 3 heterocycles. The molecule has 6 nitrogen and oxygen atoms in total. The van der Waals surface area contributed by atoms with Crippen molar-refractivity contribution in [1.82, 2.24) is 19.7 Å². The van der Waals surface area contributed by atoms with Crippen molar-refractivity contribution < 1.29 is 4.79 Å². The number of nitrogens with zero attached hydrogens (tertiary/aromatic N) is 4. The summed E-state index contributed by atoms with van der Waals surface area (Å²) in [5, 5.41) is 6.83. The van der Waals surface area contributed by atoms with Crippen molar-refractivity contribution in [2.45, 2.75) is 0 Å². The van der Waals surface area contributed by atoms with E-state index < -0.39 is 0 Å². The summed E-state index contributed by atoms with van der Waals surface area (Å²) in [6, 6.07) is 5.08. The fourth-order valence-electron chi connectivity index (χ4n) is 1.54. The summed E-state index contributed by atoms with van der Waals surface area (Å²) in [5.41, 5.74) is 0.562. The number of rotatable bonds is 3. The number of halogens is 1. The Hall–Kier alpha value is -2.25. The van der Waals surface area contributed by atoms with E-state index >= 15 is 0 Å². The maximum absolute atomic E-state index is 11.9. The Labute approximate surface area is 123 Å². The lowest BCUT2D eigenvalue weighted by molar-refractivity contribution is 0.103. The van der Waals surface area contributed by atoms with Crippen LogP contribution in [0.1, 0.15) is 9.67 Å². The van der Waals surface area contributed by atoms with Crippen LogP contribution in [0.2, 0.25) is 4.34 Å². The molecule has 0 saturated carbocycles. The van der Waals surface area contributed by atoms with Gasteiger partial charge in [0.2, 0.25) is 5.95 Å². The van der Waals surface area contributed by atoms with Gasteiger partial charge in [-0.2, -0.15) is 5.10 Å². The van der Waals surface area contributed by atoms with Crippen molar-refractivity contribution >= 4 is 34.5 Å². The van der Waals surface area contributed by atoms with Crippen LogP contribution in [0.3, 0.4) is 0 Å². The molecule has 1 amide bonds. The molecule has 0 fully saturated rings. The Morgan fingerprint density at radius 3 is 2.80 bits per heavy atom. The number of nitrogens with one attached hydrogen (secondary N) is 1. The SMILES string of the molecule is O=C(Nc1cnn(-c2ncccn2)c1)c1ccc(Cl)s1. The van der Waals surface area contributed by atoms with Crippen molar-refractivity contribution in [2.75, 3.05) is 5.32 Å². The molecule has 20 heavy (non-hydrogen) atoms. The van der Waals surface area contributed by atoms with Gasteiger partial charge in [0, 0.05) is 12.4 Å². The summed E-state index contributed by atoms with van der Waals surface area (Å²) in [6.45, 7) is 0. The maximum atomic E-state index is 11.9. The van der Waals surface area contributed by atoms with Gasteiger partial charge in [-0.1, -0.05) is 11.6 Å². The Kier molecular flexibility index (Phi) is 3.44. The van der Waals surface area contributed by atoms with Gasteiger partial charge in [0.15, 0.2) is 0 Å². The number of thiophene rings is 1. The summed E-state index contributed by atoms with van der Waals surface area (Å²) in [5.74, 6) is 0.211. The fourth-order valence-corrected chi connectivity index (χ4v) is 2.47. The second-order valence-corrected chi connectivity index (χ2v) is 5.50. The van der Waals surface area contributed by atoms with Gasteiger partial charge >= 0.3 is 0 Å².